The Morgan fingerprint density at radius 1 is 1.00 bits per heavy atom. The number of nitrogens with zero attached hydrogens (tertiary/aromatic N) is 2. The van der Waals surface area contributed by atoms with Crippen molar-refractivity contribution in [1.82, 2.24) is 9.80 Å². The maximum absolute atomic E-state index is 5.96. The highest BCUT2D eigenvalue weighted by molar-refractivity contribution is 7.80. The predicted octanol–water partition coefficient (Wildman–Crippen LogP) is 3.27. The SMILES string of the molecule is CN1CCN(CCOc2cccc(-c3ccccc3S)c2)CC1. The van der Waals surface area contributed by atoms with Crippen LogP contribution in [-0.4, -0.2) is 56.2 Å². The molecule has 0 saturated carbocycles. The molecule has 0 atom stereocenters. The van der Waals surface area contributed by atoms with Gasteiger partial charge in [0.1, 0.15) is 12.4 Å². The molecule has 0 bridgehead atoms. The fraction of sp³-hybridized carbons (Fsp3) is 0.368. The van der Waals surface area contributed by atoms with Gasteiger partial charge in [0.2, 0.25) is 0 Å². The molecule has 4 heteroatoms. The lowest BCUT2D eigenvalue weighted by atomic mass is 10.1. The number of benzene rings is 2. The number of thiol groups is 1. The Morgan fingerprint density at radius 2 is 1.78 bits per heavy atom. The molecule has 0 amide bonds. The number of likely N-dealkylation sites (N-methyl/N-ethyl adjacent to an activating group) is 1. The molecule has 0 aromatic heterocycles. The van der Waals surface area contributed by atoms with Crippen LogP contribution in [0.5, 0.6) is 5.75 Å². The average molecular weight is 328 g/mol. The van der Waals surface area contributed by atoms with Crippen molar-refractivity contribution in [3.8, 4) is 16.9 Å². The molecule has 0 radical (unpaired) electrons. The molecule has 122 valence electrons. The Labute approximate surface area is 144 Å². The molecule has 1 fully saturated rings. The lowest BCUT2D eigenvalue weighted by Crippen LogP contribution is -2.45. The fourth-order valence-electron chi connectivity index (χ4n) is 2.84. The fourth-order valence-corrected chi connectivity index (χ4v) is 3.12. The van der Waals surface area contributed by atoms with Gasteiger partial charge < -0.3 is 9.64 Å². The summed E-state index contributed by atoms with van der Waals surface area (Å²) in [5.41, 5.74) is 2.29. The molecule has 0 N–H and O–H groups in total. The summed E-state index contributed by atoms with van der Waals surface area (Å²) in [6.45, 7) is 6.28. The summed E-state index contributed by atoms with van der Waals surface area (Å²) in [7, 11) is 2.18. The molecular weight excluding hydrogens is 304 g/mol. The molecule has 1 saturated heterocycles. The second-order valence-electron chi connectivity index (χ2n) is 6.04. The summed E-state index contributed by atoms with van der Waals surface area (Å²) in [6, 6.07) is 16.4. The largest absolute Gasteiger partial charge is 0.492 e. The van der Waals surface area contributed by atoms with Crippen LogP contribution in [0.25, 0.3) is 11.1 Å². The standard InChI is InChI=1S/C19H24N2OS/c1-20-9-11-21(12-10-20)13-14-22-17-6-4-5-16(15-17)18-7-2-3-8-19(18)23/h2-8,15,23H,9-14H2,1H3. The number of hydrogen-bond acceptors (Lipinski definition) is 4. The van der Waals surface area contributed by atoms with E-state index in [1.807, 2.05) is 30.3 Å². The first-order chi connectivity index (χ1) is 11.2. The van der Waals surface area contributed by atoms with Crippen LogP contribution in [0.15, 0.2) is 53.4 Å². The molecule has 23 heavy (non-hydrogen) atoms. The molecule has 2 aromatic carbocycles. The van der Waals surface area contributed by atoms with Gasteiger partial charge in [-0.1, -0.05) is 30.3 Å². The van der Waals surface area contributed by atoms with E-state index < -0.39 is 0 Å². The Morgan fingerprint density at radius 3 is 2.57 bits per heavy atom. The van der Waals surface area contributed by atoms with Gasteiger partial charge in [-0.25, -0.2) is 0 Å². The molecule has 0 unspecified atom stereocenters. The summed E-state index contributed by atoms with van der Waals surface area (Å²) in [4.78, 5) is 5.82. The summed E-state index contributed by atoms with van der Waals surface area (Å²) in [6.07, 6.45) is 0. The molecule has 0 aliphatic carbocycles. The van der Waals surface area contributed by atoms with Crippen molar-refractivity contribution in [3.63, 3.8) is 0 Å². The van der Waals surface area contributed by atoms with Gasteiger partial charge in [-0.15, -0.1) is 12.6 Å². The number of hydrogen-bond donors (Lipinski definition) is 1. The van der Waals surface area contributed by atoms with E-state index in [2.05, 4.69) is 47.7 Å². The summed E-state index contributed by atoms with van der Waals surface area (Å²) in [5, 5.41) is 0. The third-order valence-corrected chi connectivity index (χ3v) is 4.71. The minimum atomic E-state index is 0.732. The second kappa shape index (κ2) is 7.86. The lowest BCUT2D eigenvalue weighted by molar-refractivity contribution is 0.134. The maximum atomic E-state index is 5.96. The van der Waals surface area contributed by atoms with E-state index in [9.17, 15) is 0 Å². The lowest BCUT2D eigenvalue weighted by Gasteiger charge is -2.32. The molecule has 0 spiro atoms. The van der Waals surface area contributed by atoms with Crippen LogP contribution in [-0.2, 0) is 0 Å². The molecule has 1 aliphatic rings. The minimum Gasteiger partial charge on any atom is -0.492 e. The highest BCUT2D eigenvalue weighted by atomic mass is 32.1. The zero-order valence-electron chi connectivity index (χ0n) is 13.6. The van der Waals surface area contributed by atoms with Crippen molar-refractivity contribution >= 4 is 12.6 Å². The van der Waals surface area contributed by atoms with Gasteiger partial charge in [0.25, 0.3) is 0 Å². The quantitative estimate of drug-likeness (QED) is 0.849. The number of rotatable bonds is 5. The van der Waals surface area contributed by atoms with Gasteiger partial charge in [0.05, 0.1) is 0 Å². The average Bonchev–Trinajstić information content (AvgIpc) is 2.57. The molecular formula is C19H24N2OS. The summed E-state index contributed by atoms with van der Waals surface area (Å²) in [5.74, 6) is 0.924. The van der Waals surface area contributed by atoms with E-state index in [0.29, 0.717) is 0 Å². The van der Waals surface area contributed by atoms with Crippen LogP contribution in [0.4, 0.5) is 0 Å². The van der Waals surface area contributed by atoms with Crippen LogP contribution in [0.1, 0.15) is 0 Å². The van der Waals surface area contributed by atoms with Gasteiger partial charge in [-0.05, 0) is 36.4 Å². The van der Waals surface area contributed by atoms with E-state index in [4.69, 9.17) is 4.74 Å². The van der Waals surface area contributed by atoms with E-state index >= 15 is 0 Å². The van der Waals surface area contributed by atoms with Crippen LogP contribution >= 0.6 is 12.6 Å². The van der Waals surface area contributed by atoms with Crippen molar-refractivity contribution < 1.29 is 4.74 Å². The minimum absolute atomic E-state index is 0.732. The Kier molecular flexibility index (Phi) is 5.60. The van der Waals surface area contributed by atoms with Gasteiger partial charge in [0, 0.05) is 37.6 Å². The predicted molar refractivity (Wildman–Crippen MR) is 98.6 cm³/mol. The van der Waals surface area contributed by atoms with E-state index in [-0.39, 0.29) is 0 Å². The van der Waals surface area contributed by atoms with Crippen molar-refractivity contribution in [2.45, 2.75) is 4.90 Å². The molecule has 1 aliphatic heterocycles. The van der Waals surface area contributed by atoms with Crippen LogP contribution in [0, 0.1) is 0 Å². The van der Waals surface area contributed by atoms with E-state index in [0.717, 1.165) is 61.1 Å². The number of ether oxygens (including phenoxy) is 1. The van der Waals surface area contributed by atoms with Crippen molar-refractivity contribution in [2.24, 2.45) is 0 Å². The van der Waals surface area contributed by atoms with Gasteiger partial charge in [-0.2, -0.15) is 0 Å². The van der Waals surface area contributed by atoms with Crippen molar-refractivity contribution in [2.75, 3.05) is 46.4 Å². The molecule has 3 rings (SSSR count). The monoisotopic (exact) mass is 328 g/mol. The maximum Gasteiger partial charge on any atom is 0.119 e. The van der Waals surface area contributed by atoms with Crippen LogP contribution in [0.3, 0.4) is 0 Å². The van der Waals surface area contributed by atoms with Gasteiger partial charge in [0.15, 0.2) is 0 Å². The normalized spacial score (nSPS) is 16.4. The van der Waals surface area contributed by atoms with Crippen LogP contribution < -0.4 is 4.74 Å². The molecule has 1 heterocycles. The van der Waals surface area contributed by atoms with Crippen molar-refractivity contribution in [1.29, 1.82) is 0 Å². The summed E-state index contributed by atoms with van der Waals surface area (Å²) >= 11 is 4.54. The van der Waals surface area contributed by atoms with Gasteiger partial charge >= 0.3 is 0 Å². The number of piperazine rings is 1. The van der Waals surface area contributed by atoms with Crippen LogP contribution in [0.2, 0.25) is 0 Å². The second-order valence-corrected chi connectivity index (χ2v) is 6.52. The van der Waals surface area contributed by atoms with Gasteiger partial charge in [-0.3, -0.25) is 4.90 Å². The van der Waals surface area contributed by atoms with E-state index in [1.165, 1.54) is 0 Å². The topological polar surface area (TPSA) is 15.7 Å². The third-order valence-electron chi connectivity index (χ3n) is 4.32. The zero-order chi connectivity index (χ0) is 16.1. The first-order valence-corrected chi connectivity index (χ1v) is 8.59. The third kappa shape index (κ3) is 4.50. The Hall–Kier alpha value is -1.49. The Bertz CT molecular complexity index is 639. The summed E-state index contributed by atoms with van der Waals surface area (Å²) < 4.78 is 5.96. The van der Waals surface area contributed by atoms with E-state index in [1.54, 1.807) is 0 Å². The zero-order valence-corrected chi connectivity index (χ0v) is 14.5. The van der Waals surface area contributed by atoms with Crippen molar-refractivity contribution in [3.05, 3.63) is 48.5 Å². The Balaban J connectivity index is 1.57. The smallest absolute Gasteiger partial charge is 0.119 e. The molecule has 3 nitrogen and oxygen atoms in total. The highest BCUT2D eigenvalue weighted by Gasteiger charge is 2.13. The molecule has 2 aromatic rings. The first kappa shape index (κ1) is 16.4. The first-order valence-electron chi connectivity index (χ1n) is 8.14. The highest BCUT2D eigenvalue weighted by Crippen LogP contribution is 2.28.